The standard InChI is InChI=1S/C16H23N3O/c1-17-15-8-3-2-7-14(15)16(20)19-11-10-18-9-5-4-6-13(18)12-19/h2-3,7-8,13,17H,4-6,9-12H2,1H3. The molecule has 0 aliphatic carbocycles. The summed E-state index contributed by atoms with van der Waals surface area (Å²) >= 11 is 0. The lowest BCUT2D eigenvalue weighted by Gasteiger charge is -2.44. The fraction of sp³-hybridized carbons (Fsp3) is 0.562. The van der Waals surface area contributed by atoms with Crippen molar-refractivity contribution in [3.8, 4) is 0 Å². The quantitative estimate of drug-likeness (QED) is 0.895. The van der Waals surface area contributed by atoms with Crippen LogP contribution in [-0.2, 0) is 0 Å². The molecule has 0 saturated carbocycles. The van der Waals surface area contributed by atoms with Crippen LogP contribution in [0.2, 0.25) is 0 Å². The summed E-state index contributed by atoms with van der Waals surface area (Å²) < 4.78 is 0. The van der Waals surface area contributed by atoms with E-state index in [2.05, 4.69) is 10.2 Å². The maximum absolute atomic E-state index is 12.7. The number of para-hydroxylation sites is 1. The molecule has 20 heavy (non-hydrogen) atoms. The third-order valence-corrected chi connectivity index (χ3v) is 4.55. The zero-order chi connectivity index (χ0) is 13.9. The Morgan fingerprint density at radius 1 is 1.20 bits per heavy atom. The molecule has 2 aliphatic heterocycles. The molecule has 4 nitrogen and oxygen atoms in total. The zero-order valence-electron chi connectivity index (χ0n) is 12.1. The van der Waals surface area contributed by atoms with Gasteiger partial charge in [0.05, 0.1) is 5.56 Å². The molecule has 0 radical (unpaired) electrons. The van der Waals surface area contributed by atoms with E-state index >= 15 is 0 Å². The zero-order valence-corrected chi connectivity index (χ0v) is 12.1. The van der Waals surface area contributed by atoms with E-state index < -0.39 is 0 Å². The van der Waals surface area contributed by atoms with Gasteiger partial charge >= 0.3 is 0 Å². The SMILES string of the molecule is CNc1ccccc1C(=O)N1CCN2CCCCC2C1. The second-order valence-corrected chi connectivity index (χ2v) is 5.73. The van der Waals surface area contributed by atoms with Crippen molar-refractivity contribution in [2.75, 3.05) is 38.5 Å². The van der Waals surface area contributed by atoms with Gasteiger partial charge in [0.2, 0.25) is 0 Å². The van der Waals surface area contributed by atoms with Crippen molar-refractivity contribution in [2.24, 2.45) is 0 Å². The fourth-order valence-corrected chi connectivity index (χ4v) is 3.40. The number of benzene rings is 1. The summed E-state index contributed by atoms with van der Waals surface area (Å²) in [5, 5.41) is 3.11. The third kappa shape index (κ3) is 2.52. The highest BCUT2D eigenvalue weighted by Gasteiger charge is 2.31. The molecule has 1 aromatic rings. The predicted molar refractivity (Wildman–Crippen MR) is 81.1 cm³/mol. The van der Waals surface area contributed by atoms with Crippen molar-refractivity contribution >= 4 is 11.6 Å². The molecule has 1 aromatic carbocycles. The number of hydrogen-bond donors (Lipinski definition) is 1. The van der Waals surface area contributed by atoms with Gasteiger partial charge in [0.15, 0.2) is 0 Å². The van der Waals surface area contributed by atoms with Crippen molar-refractivity contribution in [2.45, 2.75) is 25.3 Å². The van der Waals surface area contributed by atoms with Gasteiger partial charge in [-0.1, -0.05) is 18.6 Å². The molecule has 4 heteroatoms. The van der Waals surface area contributed by atoms with Crippen molar-refractivity contribution in [1.29, 1.82) is 0 Å². The van der Waals surface area contributed by atoms with E-state index in [9.17, 15) is 4.79 Å². The second kappa shape index (κ2) is 5.83. The van der Waals surface area contributed by atoms with Gasteiger partial charge < -0.3 is 10.2 Å². The summed E-state index contributed by atoms with van der Waals surface area (Å²) in [6.45, 7) is 3.97. The smallest absolute Gasteiger partial charge is 0.256 e. The van der Waals surface area contributed by atoms with Gasteiger partial charge in [0, 0.05) is 38.4 Å². The maximum Gasteiger partial charge on any atom is 0.256 e. The van der Waals surface area contributed by atoms with Crippen LogP contribution < -0.4 is 5.32 Å². The predicted octanol–water partition coefficient (Wildman–Crippen LogP) is 2.04. The van der Waals surface area contributed by atoms with E-state index in [4.69, 9.17) is 0 Å². The Morgan fingerprint density at radius 2 is 2.05 bits per heavy atom. The minimum absolute atomic E-state index is 0.167. The summed E-state index contributed by atoms with van der Waals surface area (Å²) in [6.07, 6.45) is 3.85. The van der Waals surface area contributed by atoms with Crippen LogP contribution in [0.1, 0.15) is 29.6 Å². The number of anilines is 1. The number of amides is 1. The molecular formula is C16H23N3O. The Morgan fingerprint density at radius 3 is 2.90 bits per heavy atom. The van der Waals surface area contributed by atoms with Gasteiger partial charge in [-0.25, -0.2) is 0 Å². The molecule has 3 rings (SSSR count). The van der Waals surface area contributed by atoms with E-state index in [0.29, 0.717) is 6.04 Å². The molecule has 0 bridgehead atoms. The van der Waals surface area contributed by atoms with Crippen LogP contribution in [0.25, 0.3) is 0 Å². The van der Waals surface area contributed by atoms with Crippen LogP contribution in [0, 0.1) is 0 Å². The number of rotatable bonds is 2. The first-order valence-corrected chi connectivity index (χ1v) is 7.59. The van der Waals surface area contributed by atoms with Crippen LogP contribution in [-0.4, -0.2) is 55.0 Å². The normalized spacial score (nSPS) is 23.2. The third-order valence-electron chi connectivity index (χ3n) is 4.55. The number of piperidine rings is 1. The summed E-state index contributed by atoms with van der Waals surface area (Å²) in [4.78, 5) is 17.3. The lowest BCUT2D eigenvalue weighted by molar-refractivity contribution is 0.0373. The molecule has 0 aromatic heterocycles. The fourth-order valence-electron chi connectivity index (χ4n) is 3.40. The molecule has 1 atom stereocenters. The molecule has 2 aliphatic rings. The molecule has 2 saturated heterocycles. The summed E-state index contributed by atoms with van der Waals surface area (Å²) in [6, 6.07) is 8.35. The number of fused-ring (bicyclic) bond motifs is 1. The highest BCUT2D eigenvalue weighted by atomic mass is 16.2. The lowest BCUT2D eigenvalue weighted by atomic mass is 9.99. The van der Waals surface area contributed by atoms with Crippen LogP contribution in [0.15, 0.2) is 24.3 Å². The first-order chi connectivity index (χ1) is 9.79. The van der Waals surface area contributed by atoms with Crippen LogP contribution in [0.3, 0.4) is 0 Å². The van der Waals surface area contributed by atoms with Crippen molar-refractivity contribution < 1.29 is 4.79 Å². The largest absolute Gasteiger partial charge is 0.387 e. The van der Waals surface area contributed by atoms with E-state index in [-0.39, 0.29) is 5.91 Å². The molecule has 1 unspecified atom stereocenters. The lowest BCUT2D eigenvalue weighted by Crippen LogP contribution is -2.56. The molecule has 1 amide bonds. The number of hydrogen-bond acceptors (Lipinski definition) is 3. The van der Waals surface area contributed by atoms with Crippen LogP contribution in [0.5, 0.6) is 0 Å². The number of nitrogens with zero attached hydrogens (tertiary/aromatic N) is 2. The van der Waals surface area contributed by atoms with Gasteiger partial charge in [-0.15, -0.1) is 0 Å². The molecular weight excluding hydrogens is 250 g/mol. The minimum Gasteiger partial charge on any atom is -0.387 e. The van der Waals surface area contributed by atoms with Gasteiger partial charge in [-0.2, -0.15) is 0 Å². The van der Waals surface area contributed by atoms with Gasteiger partial charge in [-0.3, -0.25) is 9.69 Å². The summed E-state index contributed by atoms with van der Waals surface area (Å²) in [5.74, 6) is 0.167. The molecule has 2 fully saturated rings. The Hall–Kier alpha value is -1.55. The minimum atomic E-state index is 0.167. The first-order valence-electron chi connectivity index (χ1n) is 7.59. The van der Waals surface area contributed by atoms with Gasteiger partial charge in [-0.05, 0) is 31.5 Å². The van der Waals surface area contributed by atoms with E-state index in [0.717, 1.165) is 30.9 Å². The Labute approximate surface area is 120 Å². The van der Waals surface area contributed by atoms with E-state index in [1.807, 2.05) is 36.2 Å². The maximum atomic E-state index is 12.7. The van der Waals surface area contributed by atoms with Crippen molar-refractivity contribution in [1.82, 2.24) is 9.80 Å². The van der Waals surface area contributed by atoms with Crippen LogP contribution >= 0.6 is 0 Å². The monoisotopic (exact) mass is 273 g/mol. The molecule has 2 heterocycles. The Bertz CT molecular complexity index is 488. The summed E-state index contributed by atoms with van der Waals surface area (Å²) in [7, 11) is 1.87. The van der Waals surface area contributed by atoms with Crippen LogP contribution in [0.4, 0.5) is 5.69 Å². The van der Waals surface area contributed by atoms with Gasteiger partial charge in [0.25, 0.3) is 5.91 Å². The number of piperazine rings is 1. The van der Waals surface area contributed by atoms with Gasteiger partial charge in [0.1, 0.15) is 0 Å². The first kappa shape index (κ1) is 13.4. The van der Waals surface area contributed by atoms with E-state index in [1.165, 1.54) is 25.8 Å². The highest BCUT2D eigenvalue weighted by molar-refractivity contribution is 5.99. The second-order valence-electron chi connectivity index (χ2n) is 5.73. The topological polar surface area (TPSA) is 35.6 Å². The summed E-state index contributed by atoms with van der Waals surface area (Å²) in [5.41, 5.74) is 1.71. The molecule has 1 N–H and O–H groups in total. The molecule has 108 valence electrons. The Kier molecular flexibility index (Phi) is 3.92. The molecule has 0 spiro atoms. The van der Waals surface area contributed by atoms with E-state index in [1.54, 1.807) is 0 Å². The number of nitrogens with one attached hydrogen (secondary N) is 1. The Balaban J connectivity index is 1.74. The van der Waals surface area contributed by atoms with Crippen molar-refractivity contribution in [3.05, 3.63) is 29.8 Å². The average molecular weight is 273 g/mol. The van der Waals surface area contributed by atoms with Crippen molar-refractivity contribution in [3.63, 3.8) is 0 Å². The number of carbonyl (C=O) groups is 1. The average Bonchev–Trinajstić information content (AvgIpc) is 2.53. The highest BCUT2D eigenvalue weighted by Crippen LogP contribution is 2.23. The number of carbonyl (C=O) groups excluding carboxylic acids is 1.